The van der Waals surface area contributed by atoms with E-state index in [4.69, 9.17) is 5.26 Å². The van der Waals surface area contributed by atoms with Gasteiger partial charge in [-0.15, -0.1) is 0 Å². The zero-order valence-corrected chi connectivity index (χ0v) is 11.9. The van der Waals surface area contributed by atoms with Crippen LogP contribution >= 0.6 is 0 Å². The summed E-state index contributed by atoms with van der Waals surface area (Å²) in [6, 6.07) is 5.45. The molecule has 0 aliphatic heterocycles. The van der Waals surface area contributed by atoms with Crippen molar-refractivity contribution in [3.8, 4) is 6.07 Å². The number of amides is 1. The highest BCUT2D eigenvalue weighted by atomic mass is 16.1. The lowest BCUT2D eigenvalue weighted by Crippen LogP contribution is -2.13. The minimum Gasteiger partial charge on any atom is -0.352 e. The Hall–Kier alpha value is -2.55. The van der Waals surface area contributed by atoms with Gasteiger partial charge in [-0.2, -0.15) is 10.4 Å². The third-order valence-electron chi connectivity index (χ3n) is 3.98. The molecule has 1 aliphatic carbocycles. The molecule has 6 heteroatoms. The number of rotatable bonds is 3. The molecule has 0 spiro atoms. The minimum atomic E-state index is -0.242. The van der Waals surface area contributed by atoms with Crippen molar-refractivity contribution >= 4 is 11.7 Å². The van der Waals surface area contributed by atoms with Crippen LogP contribution in [-0.4, -0.2) is 20.7 Å². The van der Waals surface area contributed by atoms with E-state index in [9.17, 15) is 4.79 Å². The number of carbonyl (C=O) groups excluding carboxylic acids is 1. The average Bonchev–Trinajstić information content (AvgIpc) is 3.18. The summed E-state index contributed by atoms with van der Waals surface area (Å²) >= 11 is 0. The highest BCUT2D eigenvalue weighted by molar-refractivity contribution is 6.03. The Labute approximate surface area is 122 Å². The van der Waals surface area contributed by atoms with Crippen molar-refractivity contribution in [3.63, 3.8) is 0 Å². The van der Waals surface area contributed by atoms with E-state index in [1.165, 1.54) is 37.9 Å². The molecule has 2 N–H and O–H groups in total. The van der Waals surface area contributed by atoms with Crippen molar-refractivity contribution in [3.05, 3.63) is 35.3 Å². The van der Waals surface area contributed by atoms with Gasteiger partial charge in [0.2, 0.25) is 0 Å². The van der Waals surface area contributed by atoms with Crippen LogP contribution < -0.4 is 5.32 Å². The Bertz CT molecular complexity index is 700. The van der Waals surface area contributed by atoms with Crippen LogP contribution in [0.1, 0.15) is 53.3 Å². The molecular weight excluding hydrogens is 266 g/mol. The summed E-state index contributed by atoms with van der Waals surface area (Å²) in [5.41, 5.74) is 1.86. The summed E-state index contributed by atoms with van der Waals surface area (Å²) in [6.07, 6.45) is 6.38. The fourth-order valence-electron chi connectivity index (χ4n) is 2.81. The first-order valence-corrected chi connectivity index (χ1v) is 7.11. The largest absolute Gasteiger partial charge is 0.352 e. The summed E-state index contributed by atoms with van der Waals surface area (Å²) < 4.78 is 1.70. The molecule has 0 atom stereocenters. The maximum atomic E-state index is 12.1. The lowest BCUT2D eigenvalue weighted by atomic mass is 10.0. The first-order chi connectivity index (χ1) is 10.2. The van der Waals surface area contributed by atoms with Crippen LogP contribution in [0.3, 0.4) is 0 Å². The van der Waals surface area contributed by atoms with E-state index in [0.717, 1.165) is 5.69 Å². The molecule has 0 unspecified atom stereocenters. The second-order valence-corrected chi connectivity index (χ2v) is 5.43. The molecule has 0 bridgehead atoms. The molecule has 6 nitrogen and oxygen atoms in total. The van der Waals surface area contributed by atoms with E-state index in [0.29, 0.717) is 23.0 Å². The average molecular weight is 283 g/mol. The molecule has 1 aliphatic rings. The number of H-pyrrole nitrogens is 1. The monoisotopic (exact) mass is 283 g/mol. The molecule has 1 saturated carbocycles. The second-order valence-electron chi connectivity index (χ2n) is 5.43. The SMILES string of the molecule is Cn1nc(C2CCCC2)cc1NC(=O)c1c[nH]c(C#N)c1. The van der Waals surface area contributed by atoms with E-state index in [1.807, 2.05) is 19.2 Å². The van der Waals surface area contributed by atoms with Gasteiger partial charge in [-0.1, -0.05) is 12.8 Å². The second kappa shape index (κ2) is 5.44. The molecule has 1 fully saturated rings. The number of nitrogens with zero attached hydrogens (tertiary/aromatic N) is 3. The van der Waals surface area contributed by atoms with Gasteiger partial charge in [0, 0.05) is 25.2 Å². The number of carbonyl (C=O) groups is 1. The number of aryl methyl sites for hydroxylation is 1. The maximum absolute atomic E-state index is 12.1. The number of nitriles is 1. The predicted molar refractivity (Wildman–Crippen MR) is 77.9 cm³/mol. The zero-order valence-electron chi connectivity index (χ0n) is 11.9. The highest BCUT2D eigenvalue weighted by Crippen LogP contribution is 2.34. The van der Waals surface area contributed by atoms with Crippen molar-refractivity contribution < 1.29 is 4.79 Å². The summed E-state index contributed by atoms with van der Waals surface area (Å²) in [5.74, 6) is 0.953. The fourth-order valence-corrected chi connectivity index (χ4v) is 2.81. The number of aromatic nitrogens is 3. The number of hydrogen-bond donors (Lipinski definition) is 2. The van der Waals surface area contributed by atoms with Crippen LogP contribution in [-0.2, 0) is 7.05 Å². The van der Waals surface area contributed by atoms with Crippen molar-refractivity contribution in [2.45, 2.75) is 31.6 Å². The zero-order chi connectivity index (χ0) is 14.8. The lowest BCUT2D eigenvalue weighted by Gasteiger charge is -2.02. The van der Waals surface area contributed by atoms with E-state index in [-0.39, 0.29) is 5.91 Å². The van der Waals surface area contributed by atoms with Crippen molar-refractivity contribution in [2.24, 2.45) is 7.05 Å². The summed E-state index contributed by atoms with van der Waals surface area (Å²) in [7, 11) is 1.83. The van der Waals surface area contributed by atoms with Gasteiger partial charge in [0.1, 0.15) is 17.6 Å². The van der Waals surface area contributed by atoms with Gasteiger partial charge in [0.05, 0.1) is 11.3 Å². The molecule has 3 rings (SSSR count). The van der Waals surface area contributed by atoms with Gasteiger partial charge in [-0.25, -0.2) is 0 Å². The minimum absolute atomic E-state index is 0.242. The molecule has 0 aromatic carbocycles. The third kappa shape index (κ3) is 2.68. The van der Waals surface area contributed by atoms with Gasteiger partial charge in [0.25, 0.3) is 5.91 Å². The molecule has 2 aromatic rings. The molecule has 1 amide bonds. The molecule has 0 radical (unpaired) electrons. The third-order valence-corrected chi connectivity index (χ3v) is 3.98. The summed E-state index contributed by atoms with van der Waals surface area (Å²) in [6.45, 7) is 0. The van der Waals surface area contributed by atoms with Crippen molar-refractivity contribution in [1.82, 2.24) is 14.8 Å². The van der Waals surface area contributed by atoms with Crippen LogP contribution in [0.15, 0.2) is 18.3 Å². The van der Waals surface area contributed by atoms with E-state index >= 15 is 0 Å². The topological polar surface area (TPSA) is 86.5 Å². The van der Waals surface area contributed by atoms with E-state index in [2.05, 4.69) is 15.4 Å². The van der Waals surface area contributed by atoms with Crippen LogP contribution in [0.4, 0.5) is 5.82 Å². The highest BCUT2D eigenvalue weighted by Gasteiger charge is 2.21. The Morgan fingerprint density at radius 3 is 2.90 bits per heavy atom. The number of hydrogen-bond acceptors (Lipinski definition) is 3. The smallest absolute Gasteiger partial charge is 0.258 e. The normalized spacial score (nSPS) is 15.0. The lowest BCUT2D eigenvalue weighted by molar-refractivity contribution is 0.102. The van der Waals surface area contributed by atoms with Gasteiger partial charge < -0.3 is 10.3 Å². The molecule has 2 heterocycles. The molecule has 0 saturated heterocycles. The fraction of sp³-hybridized carbons (Fsp3) is 0.400. The molecule has 108 valence electrons. The van der Waals surface area contributed by atoms with Crippen LogP contribution in [0, 0.1) is 11.3 Å². The first kappa shape index (κ1) is 13.4. The predicted octanol–water partition coefficient (Wildman–Crippen LogP) is 2.53. The number of anilines is 1. The number of aromatic amines is 1. The Balaban J connectivity index is 1.75. The quantitative estimate of drug-likeness (QED) is 0.907. The van der Waals surface area contributed by atoms with E-state index in [1.54, 1.807) is 4.68 Å². The molecule has 21 heavy (non-hydrogen) atoms. The standard InChI is InChI=1S/C15H17N5O/c1-20-14(7-13(19-20)10-4-2-3-5-10)18-15(21)11-6-12(8-16)17-9-11/h6-7,9-10,17H,2-5H2,1H3,(H,18,21). The van der Waals surface area contributed by atoms with Gasteiger partial charge in [-0.05, 0) is 18.9 Å². The van der Waals surface area contributed by atoms with Crippen LogP contribution in [0.5, 0.6) is 0 Å². The Morgan fingerprint density at radius 2 is 2.24 bits per heavy atom. The number of nitrogens with one attached hydrogen (secondary N) is 2. The van der Waals surface area contributed by atoms with Gasteiger partial charge in [0.15, 0.2) is 0 Å². The summed E-state index contributed by atoms with van der Waals surface area (Å²) in [5, 5.41) is 16.1. The summed E-state index contributed by atoms with van der Waals surface area (Å²) in [4.78, 5) is 14.9. The van der Waals surface area contributed by atoms with Crippen LogP contribution in [0.2, 0.25) is 0 Å². The Kier molecular flexibility index (Phi) is 3.48. The van der Waals surface area contributed by atoms with Crippen molar-refractivity contribution in [1.29, 1.82) is 5.26 Å². The van der Waals surface area contributed by atoms with Crippen molar-refractivity contribution in [2.75, 3.05) is 5.32 Å². The molecular formula is C15H17N5O. The van der Waals surface area contributed by atoms with Gasteiger partial charge >= 0.3 is 0 Å². The first-order valence-electron chi connectivity index (χ1n) is 7.11. The molecule has 2 aromatic heterocycles. The maximum Gasteiger partial charge on any atom is 0.258 e. The van der Waals surface area contributed by atoms with E-state index < -0.39 is 0 Å². The van der Waals surface area contributed by atoms with Gasteiger partial charge in [-0.3, -0.25) is 9.48 Å². The van der Waals surface area contributed by atoms with Crippen LogP contribution in [0.25, 0.3) is 0 Å². The Morgan fingerprint density at radius 1 is 1.48 bits per heavy atom.